The number of nitrogens with one attached hydrogen (secondary N) is 1. The Labute approximate surface area is 247 Å². The molecule has 0 aromatic heterocycles. The number of amides is 2. The topological polar surface area (TPSA) is 86.8 Å². The van der Waals surface area contributed by atoms with Gasteiger partial charge in [-0.3, -0.25) is 13.9 Å². The van der Waals surface area contributed by atoms with Crippen molar-refractivity contribution < 1.29 is 35.6 Å². The average Bonchev–Trinajstić information content (AvgIpc) is 2.90. The number of benzene rings is 3. The molecule has 0 aliphatic heterocycles. The van der Waals surface area contributed by atoms with Crippen LogP contribution in [0.15, 0.2) is 77.7 Å². The van der Waals surface area contributed by atoms with Gasteiger partial charge < -0.3 is 10.2 Å². The smallest absolute Gasteiger partial charge is 0.350 e. The molecular formula is C29H30ClF4N3O4S. The Hall–Kier alpha value is -3.64. The lowest BCUT2D eigenvalue weighted by Gasteiger charge is -2.33. The summed E-state index contributed by atoms with van der Waals surface area (Å²) in [5.41, 5.74) is -2.00. The predicted molar refractivity (Wildman–Crippen MR) is 152 cm³/mol. The van der Waals surface area contributed by atoms with Crippen molar-refractivity contribution in [2.75, 3.05) is 10.8 Å². The number of alkyl halides is 3. The zero-order valence-corrected chi connectivity index (χ0v) is 24.8. The van der Waals surface area contributed by atoms with E-state index in [4.69, 9.17) is 11.6 Å². The molecule has 0 aliphatic rings. The highest BCUT2D eigenvalue weighted by Crippen LogP contribution is 2.37. The second kappa shape index (κ2) is 12.7. The fraction of sp³-hybridized carbons (Fsp3) is 0.310. The second-order valence-electron chi connectivity index (χ2n) is 10.6. The largest absolute Gasteiger partial charge is 0.416 e. The van der Waals surface area contributed by atoms with Gasteiger partial charge in [0.05, 0.1) is 21.2 Å². The van der Waals surface area contributed by atoms with Crippen LogP contribution in [-0.2, 0) is 32.3 Å². The molecule has 0 bridgehead atoms. The van der Waals surface area contributed by atoms with E-state index in [1.54, 1.807) is 26.8 Å². The van der Waals surface area contributed by atoms with Crippen LogP contribution in [0, 0.1) is 5.82 Å². The van der Waals surface area contributed by atoms with Gasteiger partial charge in [0, 0.05) is 12.1 Å². The summed E-state index contributed by atoms with van der Waals surface area (Å²) in [5, 5.41) is 2.40. The molecule has 0 fully saturated rings. The number of nitrogens with zero attached hydrogens (tertiary/aromatic N) is 2. The number of hydrogen-bond acceptors (Lipinski definition) is 4. The minimum atomic E-state index is -4.83. The number of hydrogen-bond donors (Lipinski definition) is 1. The molecule has 0 aliphatic carbocycles. The van der Waals surface area contributed by atoms with E-state index in [-0.39, 0.29) is 16.5 Å². The van der Waals surface area contributed by atoms with E-state index >= 15 is 0 Å². The minimum Gasteiger partial charge on any atom is -0.350 e. The van der Waals surface area contributed by atoms with Crippen molar-refractivity contribution in [2.45, 2.75) is 56.9 Å². The summed E-state index contributed by atoms with van der Waals surface area (Å²) in [6.45, 7) is 5.39. The fourth-order valence-electron chi connectivity index (χ4n) is 3.96. The van der Waals surface area contributed by atoms with Gasteiger partial charge in [0.25, 0.3) is 10.0 Å². The molecule has 3 aromatic rings. The molecule has 2 amide bonds. The maximum atomic E-state index is 13.9. The Balaban J connectivity index is 2.13. The molecule has 13 heteroatoms. The lowest BCUT2D eigenvalue weighted by atomic mass is 10.1. The van der Waals surface area contributed by atoms with Crippen molar-refractivity contribution in [3.8, 4) is 0 Å². The molecule has 1 unspecified atom stereocenters. The number of carbonyl (C=O) groups is 2. The van der Waals surface area contributed by atoms with E-state index in [0.29, 0.717) is 22.0 Å². The van der Waals surface area contributed by atoms with Crippen LogP contribution in [-0.4, -0.2) is 43.3 Å². The molecule has 0 heterocycles. The number of carbonyl (C=O) groups excluding carboxylic acids is 2. The fourth-order valence-corrected chi connectivity index (χ4v) is 5.67. The van der Waals surface area contributed by atoms with Gasteiger partial charge in [-0.2, -0.15) is 13.2 Å². The normalized spacial score (nSPS) is 12.9. The van der Waals surface area contributed by atoms with Crippen molar-refractivity contribution in [3.63, 3.8) is 0 Å². The molecule has 42 heavy (non-hydrogen) atoms. The molecular weight excluding hydrogens is 598 g/mol. The number of rotatable bonds is 9. The Morgan fingerprint density at radius 2 is 1.55 bits per heavy atom. The molecule has 0 saturated heterocycles. The first-order valence-corrected chi connectivity index (χ1v) is 14.5. The van der Waals surface area contributed by atoms with E-state index in [2.05, 4.69) is 5.32 Å². The van der Waals surface area contributed by atoms with Gasteiger partial charge in [-0.15, -0.1) is 0 Å². The van der Waals surface area contributed by atoms with E-state index in [9.17, 15) is 35.6 Å². The summed E-state index contributed by atoms with van der Waals surface area (Å²) in [7, 11) is -4.64. The Morgan fingerprint density at radius 3 is 2.10 bits per heavy atom. The molecule has 1 atom stereocenters. The minimum absolute atomic E-state index is 0.229. The van der Waals surface area contributed by atoms with Crippen LogP contribution < -0.4 is 9.62 Å². The standard InChI is InChI=1S/C29H30ClF4N3O4S/c1-19(27(39)35-28(2,3)4)36(17-20-10-13-22(31)14-11-20)26(38)18-37(42(40,41)23-8-6-5-7-9-23)25-16-21(29(32,33)34)12-15-24(25)30/h5-16,19H,17-18H2,1-4H3,(H,35,39). The highest BCUT2D eigenvalue weighted by molar-refractivity contribution is 7.92. The molecule has 3 aromatic carbocycles. The van der Waals surface area contributed by atoms with Gasteiger partial charge >= 0.3 is 6.18 Å². The van der Waals surface area contributed by atoms with E-state index in [1.165, 1.54) is 43.3 Å². The zero-order chi connectivity index (χ0) is 31.5. The molecule has 0 spiro atoms. The third kappa shape index (κ3) is 8.22. The van der Waals surface area contributed by atoms with Crippen molar-refractivity contribution >= 4 is 39.1 Å². The van der Waals surface area contributed by atoms with Crippen LogP contribution in [0.5, 0.6) is 0 Å². The number of halogens is 5. The predicted octanol–water partition coefficient (Wildman–Crippen LogP) is 6.03. The summed E-state index contributed by atoms with van der Waals surface area (Å²) >= 11 is 6.23. The first kappa shape index (κ1) is 32.9. The summed E-state index contributed by atoms with van der Waals surface area (Å²) in [6, 6.07) is 12.9. The molecule has 226 valence electrons. The molecule has 3 rings (SSSR count). The van der Waals surface area contributed by atoms with E-state index in [0.717, 1.165) is 23.1 Å². The molecule has 0 saturated carbocycles. The number of anilines is 1. The lowest BCUT2D eigenvalue weighted by Crippen LogP contribution is -2.54. The van der Waals surface area contributed by atoms with E-state index in [1.807, 2.05) is 0 Å². The van der Waals surface area contributed by atoms with Crippen LogP contribution in [0.25, 0.3) is 0 Å². The van der Waals surface area contributed by atoms with Crippen LogP contribution in [0.3, 0.4) is 0 Å². The molecule has 0 radical (unpaired) electrons. The SMILES string of the molecule is CC(C(=O)NC(C)(C)C)N(Cc1ccc(F)cc1)C(=O)CN(c1cc(C(F)(F)F)ccc1Cl)S(=O)(=O)c1ccccc1. The number of sulfonamides is 1. The highest BCUT2D eigenvalue weighted by Gasteiger charge is 2.36. The van der Waals surface area contributed by atoms with Crippen molar-refractivity contribution in [1.29, 1.82) is 0 Å². The van der Waals surface area contributed by atoms with Gasteiger partial charge in [-0.1, -0.05) is 41.9 Å². The maximum absolute atomic E-state index is 13.9. The summed E-state index contributed by atoms with van der Waals surface area (Å²) in [6.07, 6.45) is -4.83. The average molecular weight is 628 g/mol. The Kier molecular flexibility index (Phi) is 9.94. The Morgan fingerprint density at radius 1 is 0.952 bits per heavy atom. The first-order valence-electron chi connectivity index (χ1n) is 12.7. The summed E-state index contributed by atoms with van der Waals surface area (Å²) < 4.78 is 82.5. The van der Waals surface area contributed by atoms with Gasteiger partial charge in [-0.25, -0.2) is 12.8 Å². The van der Waals surface area contributed by atoms with Gasteiger partial charge in [0.1, 0.15) is 18.4 Å². The maximum Gasteiger partial charge on any atom is 0.416 e. The molecule has 7 nitrogen and oxygen atoms in total. The summed E-state index contributed by atoms with van der Waals surface area (Å²) in [5.74, 6) is -2.01. The van der Waals surface area contributed by atoms with Gasteiger partial charge in [0.2, 0.25) is 11.8 Å². The quantitative estimate of drug-likeness (QED) is 0.294. The molecule has 1 N–H and O–H groups in total. The lowest BCUT2D eigenvalue weighted by molar-refractivity contribution is -0.140. The van der Waals surface area contributed by atoms with Crippen molar-refractivity contribution in [1.82, 2.24) is 10.2 Å². The van der Waals surface area contributed by atoms with Crippen LogP contribution in [0.1, 0.15) is 38.8 Å². The monoisotopic (exact) mass is 627 g/mol. The highest BCUT2D eigenvalue weighted by atomic mass is 35.5. The van der Waals surface area contributed by atoms with Gasteiger partial charge in [-0.05, 0) is 75.7 Å². The third-order valence-electron chi connectivity index (χ3n) is 6.08. The third-order valence-corrected chi connectivity index (χ3v) is 8.18. The first-order chi connectivity index (χ1) is 19.4. The van der Waals surface area contributed by atoms with Gasteiger partial charge in [0.15, 0.2) is 0 Å². The van der Waals surface area contributed by atoms with E-state index < -0.39 is 63.2 Å². The van der Waals surface area contributed by atoms with Crippen LogP contribution >= 0.6 is 11.6 Å². The van der Waals surface area contributed by atoms with Crippen LogP contribution in [0.4, 0.5) is 23.2 Å². The summed E-state index contributed by atoms with van der Waals surface area (Å²) in [4.78, 5) is 27.7. The second-order valence-corrected chi connectivity index (χ2v) is 12.8. The van der Waals surface area contributed by atoms with Crippen molar-refractivity contribution in [2.24, 2.45) is 0 Å². The van der Waals surface area contributed by atoms with Crippen molar-refractivity contribution in [3.05, 3.63) is 94.8 Å². The Bertz CT molecular complexity index is 1530. The zero-order valence-electron chi connectivity index (χ0n) is 23.2. The van der Waals surface area contributed by atoms with Crippen LogP contribution in [0.2, 0.25) is 5.02 Å².